The van der Waals surface area contributed by atoms with Crippen LogP contribution in [0.5, 0.6) is 28.7 Å². The highest BCUT2D eigenvalue weighted by Gasteiger charge is 2.52. The molecule has 3 fully saturated rings. The van der Waals surface area contributed by atoms with Crippen molar-refractivity contribution in [2.75, 3.05) is 33.4 Å². The first-order chi connectivity index (χ1) is 18.5. The Morgan fingerprint density at radius 1 is 0.868 bits per heavy atom. The van der Waals surface area contributed by atoms with Crippen molar-refractivity contribution in [3.05, 3.63) is 41.5 Å². The quantitative estimate of drug-likeness (QED) is 0.419. The molecule has 8 atom stereocenters. The molecule has 0 radical (unpaired) electrons. The molecule has 7 rings (SSSR count). The predicted octanol–water partition coefficient (Wildman–Crippen LogP) is 0.326. The number of fused-ring (bicyclic) bond motifs is 4. The lowest BCUT2D eigenvalue weighted by atomic mass is 9.81. The second-order valence-electron chi connectivity index (χ2n) is 10.1. The van der Waals surface area contributed by atoms with E-state index >= 15 is 0 Å². The first kappa shape index (κ1) is 24.2. The number of benzene rings is 2. The normalized spacial score (nSPS) is 36.9. The van der Waals surface area contributed by atoms with E-state index in [4.69, 9.17) is 37.9 Å². The van der Waals surface area contributed by atoms with E-state index in [0.29, 0.717) is 47.3 Å². The van der Waals surface area contributed by atoms with Crippen molar-refractivity contribution in [2.24, 2.45) is 5.92 Å². The third-order valence-corrected chi connectivity index (χ3v) is 7.89. The summed E-state index contributed by atoms with van der Waals surface area (Å²) in [6, 6.07) is 9.17. The molecule has 3 saturated heterocycles. The van der Waals surface area contributed by atoms with E-state index < -0.39 is 49.0 Å². The van der Waals surface area contributed by atoms with Gasteiger partial charge in [-0.15, -0.1) is 0 Å². The fourth-order valence-corrected chi connectivity index (χ4v) is 5.82. The van der Waals surface area contributed by atoms with Gasteiger partial charge in [-0.2, -0.15) is 0 Å². The highest BCUT2D eigenvalue weighted by Crippen LogP contribution is 2.54. The Bertz CT molecular complexity index is 1220. The van der Waals surface area contributed by atoms with Gasteiger partial charge in [-0.1, -0.05) is 6.07 Å². The summed E-state index contributed by atoms with van der Waals surface area (Å²) in [7, 11) is 0. The minimum absolute atomic E-state index is 0.0355. The van der Waals surface area contributed by atoms with Crippen molar-refractivity contribution in [1.29, 1.82) is 0 Å². The third kappa shape index (κ3) is 3.79. The molecular formula is C26H28O12. The summed E-state index contributed by atoms with van der Waals surface area (Å²) >= 11 is 0. The summed E-state index contributed by atoms with van der Waals surface area (Å²) in [5.41, 5.74) is 0.962. The summed E-state index contributed by atoms with van der Waals surface area (Å²) in [6.45, 7) is 0.388. The standard InChI is InChI=1S/C26H28O12/c27-7-20-21(28)22(29)23(30)25(38-20)37-16-5-19-18(34-11-35-19)4-14(16)24-12-6-26(9-31-24,36-8-12)13-1-2-15-17(3-13)33-10-32-15/h1-5,12,20-25,27-30H,6-11H2. The van der Waals surface area contributed by atoms with Gasteiger partial charge in [0.2, 0.25) is 19.9 Å². The van der Waals surface area contributed by atoms with Crippen molar-refractivity contribution in [3.8, 4) is 28.7 Å². The van der Waals surface area contributed by atoms with Gasteiger partial charge in [0.15, 0.2) is 23.0 Å². The third-order valence-electron chi connectivity index (χ3n) is 7.89. The van der Waals surface area contributed by atoms with Crippen molar-refractivity contribution < 1.29 is 58.3 Å². The molecule has 5 aliphatic rings. The molecule has 0 spiro atoms. The van der Waals surface area contributed by atoms with E-state index in [0.717, 1.165) is 5.56 Å². The van der Waals surface area contributed by atoms with Gasteiger partial charge < -0.3 is 58.3 Å². The zero-order chi connectivity index (χ0) is 26.0. The Kier molecular flexibility index (Phi) is 5.82. The number of hydrogen-bond acceptors (Lipinski definition) is 12. The average Bonchev–Trinajstić information content (AvgIpc) is 3.67. The second kappa shape index (κ2) is 9.12. The summed E-state index contributed by atoms with van der Waals surface area (Å²) in [5.74, 6) is 2.61. The van der Waals surface area contributed by atoms with Crippen LogP contribution in [0, 0.1) is 5.92 Å². The van der Waals surface area contributed by atoms with Gasteiger partial charge in [-0.25, -0.2) is 0 Å². The van der Waals surface area contributed by atoms with Gasteiger partial charge in [0.25, 0.3) is 0 Å². The van der Waals surface area contributed by atoms with Crippen molar-refractivity contribution in [1.82, 2.24) is 0 Å². The number of rotatable bonds is 5. The van der Waals surface area contributed by atoms with E-state index in [1.807, 2.05) is 18.2 Å². The molecular weight excluding hydrogens is 504 g/mol. The van der Waals surface area contributed by atoms with Crippen molar-refractivity contribution >= 4 is 0 Å². The molecule has 2 bridgehead atoms. The minimum atomic E-state index is -1.57. The van der Waals surface area contributed by atoms with E-state index in [2.05, 4.69) is 0 Å². The van der Waals surface area contributed by atoms with Crippen LogP contribution >= 0.6 is 0 Å². The van der Waals surface area contributed by atoms with Gasteiger partial charge in [-0.3, -0.25) is 0 Å². The molecule has 0 aliphatic carbocycles. The summed E-state index contributed by atoms with van der Waals surface area (Å²) in [4.78, 5) is 0. The van der Waals surface area contributed by atoms with Crippen LogP contribution in [0.4, 0.5) is 0 Å². The van der Waals surface area contributed by atoms with E-state index in [-0.39, 0.29) is 26.1 Å². The molecule has 0 amide bonds. The number of aliphatic hydroxyl groups excluding tert-OH is 4. The molecule has 0 aromatic heterocycles. The molecule has 204 valence electrons. The summed E-state index contributed by atoms with van der Waals surface area (Å²) in [6.07, 6.45) is -6.84. The van der Waals surface area contributed by atoms with Crippen LogP contribution in [-0.4, -0.2) is 84.5 Å². The first-order valence-corrected chi connectivity index (χ1v) is 12.5. The van der Waals surface area contributed by atoms with Crippen LogP contribution in [0.25, 0.3) is 0 Å². The van der Waals surface area contributed by atoms with Crippen molar-refractivity contribution in [3.63, 3.8) is 0 Å². The molecule has 38 heavy (non-hydrogen) atoms. The average molecular weight is 532 g/mol. The van der Waals surface area contributed by atoms with Gasteiger partial charge >= 0.3 is 0 Å². The van der Waals surface area contributed by atoms with Crippen LogP contribution in [0.3, 0.4) is 0 Å². The predicted molar refractivity (Wildman–Crippen MR) is 124 cm³/mol. The Morgan fingerprint density at radius 3 is 2.39 bits per heavy atom. The molecule has 12 nitrogen and oxygen atoms in total. The molecule has 5 heterocycles. The maximum atomic E-state index is 10.5. The fourth-order valence-electron chi connectivity index (χ4n) is 5.82. The molecule has 4 N–H and O–H groups in total. The lowest BCUT2D eigenvalue weighted by molar-refractivity contribution is -0.277. The Balaban J connectivity index is 1.17. The minimum Gasteiger partial charge on any atom is -0.461 e. The summed E-state index contributed by atoms with van der Waals surface area (Å²) < 4.78 is 46.5. The van der Waals surface area contributed by atoms with Crippen LogP contribution in [0.15, 0.2) is 30.3 Å². The molecule has 8 unspecified atom stereocenters. The van der Waals surface area contributed by atoms with E-state index in [9.17, 15) is 20.4 Å². The van der Waals surface area contributed by atoms with Crippen LogP contribution < -0.4 is 23.7 Å². The summed E-state index contributed by atoms with van der Waals surface area (Å²) in [5, 5.41) is 40.5. The fraction of sp³-hybridized carbons (Fsp3) is 0.538. The lowest BCUT2D eigenvalue weighted by Crippen LogP contribution is -2.60. The monoisotopic (exact) mass is 532 g/mol. The molecule has 0 saturated carbocycles. The maximum absolute atomic E-state index is 10.5. The molecule has 2 aromatic carbocycles. The van der Waals surface area contributed by atoms with Gasteiger partial charge in [-0.05, 0) is 30.2 Å². The Morgan fingerprint density at radius 2 is 1.61 bits per heavy atom. The number of ether oxygens (including phenoxy) is 8. The van der Waals surface area contributed by atoms with Crippen LogP contribution in [-0.2, 0) is 19.8 Å². The highest BCUT2D eigenvalue weighted by atomic mass is 16.7. The van der Waals surface area contributed by atoms with Crippen LogP contribution in [0.2, 0.25) is 0 Å². The van der Waals surface area contributed by atoms with Gasteiger partial charge in [0, 0.05) is 17.5 Å². The highest BCUT2D eigenvalue weighted by molar-refractivity contribution is 5.53. The molecule has 2 aromatic rings. The molecule has 5 aliphatic heterocycles. The first-order valence-electron chi connectivity index (χ1n) is 12.5. The zero-order valence-electron chi connectivity index (χ0n) is 20.2. The van der Waals surface area contributed by atoms with Crippen LogP contribution in [0.1, 0.15) is 23.7 Å². The lowest BCUT2D eigenvalue weighted by Gasteiger charge is -2.40. The Labute approximate surface area is 217 Å². The number of aliphatic hydroxyl groups is 4. The maximum Gasteiger partial charge on any atom is 0.231 e. The smallest absolute Gasteiger partial charge is 0.231 e. The molecule has 12 heteroatoms. The van der Waals surface area contributed by atoms with Crippen molar-refractivity contribution in [2.45, 2.75) is 48.8 Å². The van der Waals surface area contributed by atoms with E-state index in [1.165, 1.54) is 0 Å². The largest absolute Gasteiger partial charge is 0.461 e. The number of hydrogen-bond donors (Lipinski definition) is 4. The SMILES string of the molecule is OCC1OC(Oc2cc3c(cc2C2OCC4(c5ccc6c(c5)OCO6)CC2CO4)OCO3)C(O)C(O)C1O. The zero-order valence-corrected chi connectivity index (χ0v) is 20.2. The topological polar surface area (TPSA) is 155 Å². The van der Waals surface area contributed by atoms with E-state index in [1.54, 1.807) is 12.1 Å². The van der Waals surface area contributed by atoms with Gasteiger partial charge in [0.1, 0.15) is 35.8 Å². The second-order valence-corrected chi connectivity index (χ2v) is 10.1. The Hall–Kier alpha value is -2.84. The van der Waals surface area contributed by atoms with Gasteiger partial charge in [0.05, 0.1) is 25.9 Å².